The van der Waals surface area contributed by atoms with Crippen molar-refractivity contribution < 1.29 is 22.7 Å². The third-order valence-corrected chi connectivity index (χ3v) is 8.23. The fourth-order valence-electron chi connectivity index (χ4n) is 3.83. The average Bonchev–Trinajstić information content (AvgIpc) is 2.91. The molecule has 8 nitrogen and oxygen atoms in total. The van der Waals surface area contributed by atoms with Crippen molar-refractivity contribution in [2.45, 2.75) is 44.3 Å². The van der Waals surface area contributed by atoms with Gasteiger partial charge in [0.05, 0.1) is 22.7 Å². The Balaban J connectivity index is 2.05. The zero-order valence-corrected chi connectivity index (χ0v) is 24.4. The van der Waals surface area contributed by atoms with Gasteiger partial charge in [0.25, 0.3) is 10.0 Å². The first-order valence-corrected chi connectivity index (χ1v) is 14.4. The molecule has 2 amide bonds. The summed E-state index contributed by atoms with van der Waals surface area (Å²) in [6.45, 7) is 4.66. The lowest BCUT2D eigenvalue weighted by atomic mass is 10.1. The van der Waals surface area contributed by atoms with E-state index in [0.29, 0.717) is 5.75 Å². The molecule has 0 heterocycles. The number of nitrogens with zero attached hydrogens (tertiary/aromatic N) is 2. The fraction of sp³-hybridized carbons (Fsp3) is 0.286. The first-order chi connectivity index (χ1) is 18.4. The summed E-state index contributed by atoms with van der Waals surface area (Å²) >= 11 is 12.6. The standard InChI is InChI=1S/C28H31Cl2N3O5S/c1-19(2)31-28(35)20(3)32(17-21-10-13-23(38-4)14-11-21)27(34)18-33(26-16-22(29)12-15-25(26)30)39(36,37)24-8-6-5-7-9-24/h5-16,19-20H,17-18H2,1-4H3,(H,31,35). The molecule has 208 valence electrons. The largest absolute Gasteiger partial charge is 0.497 e. The van der Waals surface area contributed by atoms with Gasteiger partial charge in [0.15, 0.2) is 0 Å². The van der Waals surface area contributed by atoms with Gasteiger partial charge in [0.1, 0.15) is 18.3 Å². The highest BCUT2D eigenvalue weighted by Gasteiger charge is 2.33. The van der Waals surface area contributed by atoms with Crippen LogP contribution < -0.4 is 14.4 Å². The van der Waals surface area contributed by atoms with E-state index in [1.807, 2.05) is 13.8 Å². The predicted octanol–water partition coefficient (Wildman–Crippen LogP) is 5.14. The molecule has 0 saturated heterocycles. The number of amides is 2. The molecule has 0 bridgehead atoms. The molecule has 1 unspecified atom stereocenters. The zero-order chi connectivity index (χ0) is 28.7. The number of carbonyl (C=O) groups is 2. The molecule has 1 atom stereocenters. The van der Waals surface area contributed by atoms with Gasteiger partial charge in [0, 0.05) is 17.6 Å². The molecule has 3 aromatic rings. The van der Waals surface area contributed by atoms with Gasteiger partial charge in [-0.25, -0.2) is 8.42 Å². The summed E-state index contributed by atoms with van der Waals surface area (Å²) in [5.74, 6) is -0.337. The Hall–Kier alpha value is -3.27. The highest BCUT2D eigenvalue weighted by atomic mass is 35.5. The van der Waals surface area contributed by atoms with E-state index in [9.17, 15) is 18.0 Å². The summed E-state index contributed by atoms with van der Waals surface area (Å²) in [5.41, 5.74) is 0.775. The SMILES string of the molecule is COc1ccc(CN(C(=O)CN(c2cc(Cl)ccc2Cl)S(=O)(=O)c2ccccc2)C(C)C(=O)NC(C)C)cc1. The number of hydrogen-bond acceptors (Lipinski definition) is 5. The van der Waals surface area contributed by atoms with Crippen LogP contribution in [0.15, 0.2) is 77.7 Å². The van der Waals surface area contributed by atoms with Gasteiger partial charge >= 0.3 is 0 Å². The van der Waals surface area contributed by atoms with Crippen LogP contribution in [-0.2, 0) is 26.2 Å². The first kappa shape index (κ1) is 30.3. The molecule has 11 heteroatoms. The summed E-state index contributed by atoms with van der Waals surface area (Å²) in [4.78, 5) is 28.2. The lowest BCUT2D eigenvalue weighted by Gasteiger charge is -2.32. The number of rotatable bonds is 11. The highest BCUT2D eigenvalue weighted by molar-refractivity contribution is 7.92. The van der Waals surface area contributed by atoms with Crippen LogP contribution in [0.2, 0.25) is 10.0 Å². The van der Waals surface area contributed by atoms with Gasteiger partial charge in [-0.3, -0.25) is 13.9 Å². The summed E-state index contributed by atoms with van der Waals surface area (Å²) in [6.07, 6.45) is 0. The number of ether oxygens (including phenoxy) is 1. The topological polar surface area (TPSA) is 96.0 Å². The third kappa shape index (κ3) is 7.65. The molecule has 0 aliphatic heterocycles. The maximum absolute atomic E-state index is 13.9. The van der Waals surface area contributed by atoms with Crippen molar-refractivity contribution in [3.8, 4) is 5.75 Å². The minimum atomic E-state index is -4.24. The molecule has 3 rings (SSSR count). The number of sulfonamides is 1. The molecular formula is C28H31Cl2N3O5S. The molecule has 0 radical (unpaired) electrons. The molecule has 0 fully saturated rings. The second-order valence-corrected chi connectivity index (χ2v) is 11.8. The Labute approximate surface area is 239 Å². The van der Waals surface area contributed by atoms with Crippen LogP contribution in [0.1, 0.15) is 26.3 Å². The van der Waals surface area contributed by atoms with Crippen molar-refractivity contribution in [3.63, 3.8) is 0 Å². The van der Waals surface area contributed by atoms with Crippen LogP contribution in [0.4, 0.5) is 5.69 Å². The van der Waals surface area contributed by atoms with Gasteiger partial charge in [-0.1, -0.05) is 53.5 Å². The smallest absolute Gasteiger partial charge is 0.264 e. The van der Waals surface area contributed by atoms with E-state index in [1.54, 1.807) is 56.5 Å². The lowest BCUT2D eigenvalue weighted by molar-refractivity contribution is -0.139. The molecule has 0 saturated carbocycles. The van der Waals surface area contributed by atoms with Gasteiger partial charge < -0.3 is 15.0 Å². The summed E-state index contributed by atoms with van der Waals surface area (Å²) in [6, 6.07) is 18.1. The Morgan fingerprint density at radius 3 is 2.18 bits per heavy atom. The molecule has 0 spiro atoms. The molecular weight excluding hydrogens is 561 g/mol. The van der Waals surface area contributed by atoms with E-state index in [-0.39, 0.29) is 39.1 Å². The molecule has 0 aliphatic rings. The number of halogens is 2. The molecule has 0 aliphatic carbocycles. The second-order valence-electron chi connectivity index (χ2n) is 9.13. The highest BCUT2D eigenvalue weighted by Crippen LogP contribution is 2.33. The Kier molecular flexibility index (Phi) is 10.2. The maximum Gasteiger partial charge on any atom is 0.264 e. The van der Waals surface area contributed by atoms with E-state index in [1.165, 1.54) is 35.2 Å². The second kappa shape index (κ2) is 13.2. The van der Waals surface area contributed by atoms with Crippen LogP contribution in [-0.4, -0.2) is 50.9 Å². The van der Waals surface area contributed by atoms with Crippen molar-refractivity contribution in [1.82, 2.24) is 10.2 Å². The van der Waals surface area contributed by atoms with Gasteiger partial charge in [-0.15, -0.1) is 0 Å². The normalized spacial score (nSPS) is 12.1. The van der Waals surface area contributed by atoms with Crippen molar-refractivity contribution in [1.29, 1.82) is 0 Å². The molecule has 1 N–H and O–H groups in total. The summed E-state index contributed by atoms with van der Waals surface area (Å²) in [7, 11) is -2.70. The summed E-state index contributed by atoms with van der Waals surface area (Å²) < 4.78 is 33.7. The fourth-order valence-corrected chi connectivity index (χ4v) is 5.71. The lowest BCUT2D eigenvalue weighted by Crippen LogP contribution is -2.52. The maximum atomic E-state index is 13.9. The van der Waals surface area contributed by atoms with E-state index in [2.05, 4.69) is 5.32 Å². The van der Waals surface area contributed by atoms with Crippen molar-refractivity contribution in [2.24, 2.45) is 0 Å². The Bertz CT molecular complexity index is 1400. The van der Waals surface area contributed by atoms with Crippen LogP contribution >= 0.6 is 23.2 Å². The van der Waals surface area contributed by atoms with Crippen molar-refractivity contribution in [3.05, 3.63) is 88.4 Å². The van der Waals surface area contributed by atoms with Crippen LogP contribution in [0.3, 0.4) is 0 Å². The molecule has 3 aromatic carbocycles. The Morgan fingerprint density at radius 1 is 0.949 bits per heavy atom. The van der Waals surface area contributed by atoms with Gasteiger partial charge in [-0.2, -0.15) is 0 Å². The van der Waals surface area contributed by atoms with Crippen molar-refractivity contribution >= 4 is 50.7 Å². The van der Waals surface area contributed by atoms with E-state index in [4.69, 9.17) is 27.9 Å². The number of hydrogen-bond donors (Lipinski definition) is 1. The van der Waals surface area contributed by atoms with Crippen molar-refractivity contribution in [2.75, 3.05) is 18.0 Å². The zero-order valence-electron chi connectivity index (χ0n) is 22.1. The monoisotopic (exact) mass is 591 g/mol. The van der Waals surface area contributed by atoms with Crippen LogP contribution in [0.5, 0.6) is 5.75 Å². The number of carbonyl (C=O) groups excluding carboxylic acids is 2. The van der Waals surface area contributed by atoms with Gasteiger partial charge in [0.2, 0.25) is 11.8 Å². The quantitative estimate of drug-likeness (QED) is 0.333. The predicted molar refractivity (Wildman–Crippen MR) is 154 cm³/mol. The number of benzene rings is 3. The minimum absolute atomic E-state index is 0.0267. The third-order valence-electron chi connectivity index (χ3n) is 5.90. The van der Waals surface area contributed by atoms with E-state index >= 15 is 0 Å². The van der Waals surface area contributed by atoms with Crippen LogP contribution in [0, 0.1) is 0 Å². The van der Waals surface area contributed by atoms with Crippen LogP contribution in [0.25, 0.3) is 0 Å². The Morgan fingerprint density at radius 2 is 1.59 bits per heavy atom. The van der Waals surface area contributed by atoms with E-state index < -0.39 is 28.5 Å². The molecule has 39 heavy (non-hydrogen) atoms. The van der Waals surface area contributed by atoms with E-state index in [0.717, 1.165) is 9.87 Å². The number of anilines is 1. The molecule has 0 aromatic heterocycles. The first-order valence-electron chi connectivity index (χ1n) is 12.2. The number of methoxy groups -OCH3 is 1. The summed E-state index contributed by atoms with van der Waals surface area (Å²) in [5, 5.41) is 3.16. The minimum Gasteiger partial charge on any atom is -0.497 e. The number of nitrogens with one attached hydrogen (secondary N) is 1. The van der Waals surface area contributed by atoms with Gasteiger partial charge in [-0.05, 0) is 68.8 Å². The average molecular weight is 593 g/mol.